The Balaban J connectivity index is 2.18. The summed E-state index contributed by atoms with van der Waals surface area (Å²) < 4.78 is 28.3. The van der Waals surface area contributed by atoms with Gasteiger partial charge in [-0.2, -0.15) is 5.26 Å². The Hall–Kier alpha value is -0.950. The molecule has 114 valence electrons. The second kappa shape index (κ2) is 6.87. The lowest BCUT2D eigenvalue weighted by atomic mass is 9.67. The van der Waals surface area contributed by atoms with Crippen LogP contribution in [0.1, 0.15) is 51.0 Å². The van der Waals surface area contributed by atoms with E-state index in [0.717, 1.165) is 32.1 Å². The van der Waals surface area contributed by atoms with Crippen molar-refractivity contribution in [3.63, 3.8) is 0 Å². The molecule has 21 heavy (non-hydrogen) atoms. The molecule has 0 N–H and O–H groups in total. The van der Waals surface area contributed by atoms with Crippen molar-refractivity contribution in [2.75, 3.05) is 0 Å². The van der Waals surface area contributed by atoms with Gasteiger partial charge in [0.05, 0.1) is 16.0 Å². The molecule has 0 amide bonds. The van der Waals surface area contributed by atoms with Crippen molar-refractivity contribution >= 4 is 15.9 Å². The molecular formula is C17H20BrF2N. The predicted octanol–water partition coefficient (Wildman–Crippen LogP) is 5.77. The van der Waals surface area contributed by atoms with E-state index in [2.05, 4.69) is 28.9 Å². The molecule has 1 aromatic rings. The van der Waals surface area contributed by atoms with Crippen molar-refractivity contribution in [1.82, 2.24) is 0 Å². The molecule has 0 bridgehead atoms. The van der Waals surface area contributed by atoms with Crippen LogP contribution >= 0.6 is 15.9 Å². The van der Waals surface area contributed by atoms with Crippen molar-refractivity contribution in [2.24, 2.45) is 11.3 Å². The van der Waals surface area contributed by atoms with E-state index in [9.17, 15) is 14.0 Å². The Bertz CT molecular complexity index is 542. The highest BCUT2D eigenvalue weighted by Crippen LogP contribution is 2.43. The third-order valence-corrected chi connectivity index (χ3v) is 5.26. The van der Waals surface area contributed by atoms with Crippen LogP contribution in [0.15, 0.2) is 16.6 Å². The quantitative estimate of drug-likeness (QED) is 0.628. The fourth-order valence-corrected chi connectivity index (χ4v) is 3.70. The van der Waals surface area contributed by atoms with Gasteiger partial charge in [0.15, 0.2) is 0 Å². The Morgan fingerprint density at radius 2 is 2.00 bits per heavy atom. The van der Waals surface area contributed by atoms with E-state index in [1.165, 1.54) is 18.6 Å². The van der Waals surface area contributed by atoms with Gasteiger partial charge in [-0.25, -0.2) is 8.78 Å². The molecule has 1 saturated carbocycles. The zero-order chi connectivity index (χ0) is 15.5. The predicted molar refractivity (Wildman–Crippen MR) is 82.7 cm³/mol. The second-order valence-corrected chi connectivity index (χ2v) is 6.98. The largest absolute Gasteiger partial charge is 0.207 e. The van der Waals surface area contributed by atoms with Gasteiger partial charge >= 0.3 is 0 Å². The Labute approximate surface area is 133 Å². The molecule has 0 saturated heterocycles. The van der Waals surface area contributed by atoms with Gasteiger partial charge in [-0.3, -0.25) is 0 Å². The number of nitrogens with zero attached hydrogens (tertiary/aromatic N) is 1. The van der Waals surface area contributed by atoms with Gasteiger partial charge in [-0.05, 0) is 66.1 Å². The smallest absolute Gasteiger partial charge is 0.143 e. The van der Waals surface area contributed by atoms with E-state index < -0.39 is 17.0 Å². The van der Waals surface area contributed by atoms with Crippen LogP contribution in [0.5, 0.6) is 0 Å². The molecule has 1 aliphatic carbocycles. The summed E-state index contributed by atoms with van der Waals surface area (Å²) in [5.74, 6) is -0.463. The lowest BCUT2D eigenvalue weighted by molar-refractivity contribution is 0.198. The molecular weight excluding hydrogens is 336 g/mol. The minimum atomic E-state index is -0.618. The van der Waals surface area contributed by atoms with Gasteiger partial charge in [-0.1, -0.05) is 19.8 Å². The second-order valence-electron chi connectivity index (χ2n) is 6.12. The third kappa shape index (κ3) is 3.63. The van der Waals surface area contributed by atoms with Crippen LogP contribution in [0, 0.1) is 34.3 Å². The van der Waals surface area contributed by atoms with Crippen LogP contribution in [-0.4, -0.2) is 0 Å². The van der Waals surface area contributed by atoms with E-state index >= 15 is 0 Å². The number of rotatable bonds is 4. The summed E-state index contributed by atoms with van der Waals surface area (Å²) in [6, 6.07) is 4.98. The Morgan fingerprint density at radius 3 is 2.57 bits per heavy atom. The SMILES string of the molecule is CCCC1CCC(C#N)(Cc2c(F)ccc(Br)c2F)CC1. The summed E-state index contributed by atoms with van der Waals surface area (Å²) in [6.07, 6.45) is 5.94. The van der Waals surface area contributed by atoms with Gasteiger partial charge in [0.25, 0.3) is 0 Å². The molecule has 0 atom stereocenters. The topological polar surface area (TPSA) is 23.8 Å². The maximum absolute atomic E-state index is 14.1. The molecule has 0 unspecified atom stereocenters. The first-order valence-electron chi connectivity index (χ1n) is 7.55. The van der Waals surface area contributed by atoms with Crippen LogP contribution in [0.3, 0.4) is 0 Å². The van der Waals surface area contributed by atoms with E-state index in [1.54, 1.807) is 0 Å². The van der Waals surface area contributed by atoms with Gasteiger partial charge in [0.1, 0.15) is 11.6 Å². The fourth-order valence-electron chi connectivity index (χ4n) is 3.32. The van der Waals surface area contributed by atoms with Crippen LogP contribution in [0.25, 0.3) is 0 Å². The van der Waals surface area contributed by atoms with Crippen LogP contribution in [0.4, 0.5) is 8.78 Å². The average Bonchev–Trinajstić information content (AvgIpc) is 2.50. The molecule has 1 nitrogen and oxygen atoms in total. The first-order chi connectivity index (χ1) is 10.0. The van der Waals surface area contributed by atoms with Gasteiger partial charge in [0, 0.05) is 5.56 Å². The Morgan fingerprint density at radius 1 is 1.33 bits per heavy atom. The molecule has 1 aliphatic rings. The van der Waals surface area contributed by atoms with Crippen LogP contribution in [-0.2, 0) is 6.42 Å². The molecule has 1 fully saturated rings. The number of hydrogen-bond acceptors (Lipinski definition) is 1. The lowest BCUT2D eigenvalue weighted by Crippen LogP contribution is -2.29. The summed E-state index contributed by atoms with van der Waals surface area (Å²) in [7, 11) is 0. The maximum Gasteiger partial charge on any atom is 0.143 e. The molecule has 0 heterocycles. The van der Waals surface area contributed by atoms with E-state index in [4.69, 9.17) is 0 Å². The summed E-state index contributed by atoms with van der Waals surface area (Å²) in [5, 5.41) is 9.56. The van der Waals surface area contributed by atoms with Crippen molar-refractivity contribution < 1.29 is 8.78 Å². The molecule has 0 radical (unpaired) electrons. The number of benzene rings is 1. The summed E-state index contributed by atoms with van der Waals surface area (Å²) in [5.41, 5.74) is -0.577. The van der Waals surface area contributed by atoms with Crippen molar-refractivity contribution in [2.45, 2.75) is 51.9 Å². The monoisotopic (exact) mass is 355 g/mol. The minimum Gasteiger partial charge on any atom is -0.207 e. The standard InChI is InChI=1S/C17H20BrF2N/c1-2-3-12-6-8-17(11-21,9-7-12)10-13-15(19)5-4-14(18)16(13)20/h4-5,12H,2-3,6-10H2,1H3. The summed E-state index contributed by atoms with van der Waals surface area (Å²) in [6.45, 7) is 2.17. The third-order valence-electron chi connectivity index (χ3n) is 4.65. The first-order valence-corrected chi connectivity index (χ1v) is 8.34. The van der Waals surface area contributed by atoms with Gasteiger partial charge < -0.3 is 0 Å². The number of hydrogen-bond donors (Lipinski definition) is 0. The van der Waals surface area contributed by atoms with Crippen molar-refractivity contribution in [1.29, 1.82) is 5.26 Å². The van der Waals surface area contributed by atoms with E-state index in [-0.39, 0.29) is 16.5 Å². The highest BCUT2D eigenvalue weighted by atomic mass is 79.9. The fraction of sp³-hybridized carbons (Fsp3) is 0.588. The van der Waals surface area contributed by atoms with Crippen LogP contribution in [0.2, 0.25) is 0 Å². The van der Waals surface area contributed by atoms with E-state index in [0.29, 0.717) is 5.92 Å². The van der Waals surface area contributed by atoms with Crippen molar-refractivity contribution in [3.8, 4) is 6.07 Å². The first kappa shape index (κ1) is 16.4. The minimum absolute atomic E-state index is 0.0415. The summed E-state index contributed by atoms with van der Waals surface area (Å²) >= 11 is 3.09. The lowest BCUT2D eigenvalue weighted by Gasteiger charge is -2.35. The van der Waals surface area contributed by atoms with Gasteiger partial charge in [0.2, 0.25) is 0 Å². The molecule has 0 spiro atoms. The molecule has 2 rings (SSSR count). The number of halogens is 3. The Kier molecular flexibility index (Phi) is 5.37. The zero-order valence-electron chi connectivity index (χ0n) is 12.3. The normalized spacial score (nSPS) is 25.6. The maximum atomic E-state index is 14.1. The average molecular weight is 356 g/mol. The highest BCUT2D eigenvalue weighted by Gasteiger charge is 2.37. The zero-order valence-corrected chi connectivity index (χ0v) is 13.8. The van der Waals surface area contributed by atoms with Crippen LogP contribution < -0.4 is 0 Å². The highest BCUT2D eigenvalue weighted by molar-refractivity contribution is 9.10. The van der Waals surface area contributed by atoms with Gasteiger partial charge in [-0.15, -0.1) is 0 Å². The number of nitriles is 1. The molecule has 1 aromatic carbocycles. The summed E-state index contributed by atoms with van der Waals surface area (Å²) in [4.78, 5) is 0. The molecule has 4 heteroatoms. The molecule has 0 aliphatic heterocycles. The molecule has 0 aromatic heterocycles. The van der Waals surface area contributed by atoms with Crippen molar-refractivity contribution in [3.05, 3.63) is 33.8 Å². The van der Waals surface area contributed by atoms with E-state index in [1.807, 2.05) is 0 Å².